The Labute approximate surface area is 132 Å². The van der Waals surface area contributed by atoms with Gasteiger partial charge in [0.05, 0.1) is 5.28 Å². The lowest BCUT2D eigenvalue weighted by Gasteiger charge is -2.30. The van der Waals surface area contributed by atoms with Crippen LogP contribution in [0.25, 0.3) is 0 Å². The third-order valence-electron chi connectivity index (χ3n) is 3.21. The van der Waals surface area contributed by atoms with E-state index in [2.05, 4.69) is 14.6 Å². The van der Waals surface area contributed by atoms with Crippen LogP contribution in [0.15, 0.2) is 0 Å². The van der Waals surface area contributed by atoms with E-state index in [4.69, 9.17) is 39.5 Å². The first-order valence-corrected chi connectivity index (χ1v) is 8.32. The zero-order valence-corrected chi connectivity index (χ0v) is 14.3. The van der Waals surface area contributed by atoms with E-state index in [1.165, 1.54) is 25.7 Å². The lowest BCUT2D eigenvalue weighted by atomic mass is 10.0. The summed E-state index contributed by atoms with van der Waals surface area (Å²) in [6.45, 7) is -0.246. The van der Waals surface area contributed by atoms with E-state index >= 15 is 0 Å². The molecule has 19 heavy (non-hydrogen) atoms. The molecular formula is C12H21Cl3NO2P. The summed E-state index contributed by atoms with van der Waals surface area (Å²) in [5.74, 6) is 0. The highest BCUT2D eigenvalue weighted by Gasteiger charge is 2.29. The summed E-state index contributed by atoms with van der Waals surface area (Å²) in [5, 5.41) is 2.59. The molecule has 3 nitrogen and oxygen atoms in total. The number of amides is 1. The maximum atomic E-state index is 11.7. The number of halogens is 3. The Morgan fingerprint density at radius 1 is 1.11 bits per heavy atom. The molecule has 0 bridgehead atoms. The molecular weight excluding hydrogens is 327 g/mol. The Morgan fingerprint density at radius 3 is 2.05 bits per heavy atom. The average molecular weight is 349 g/mol. The third-order valence-corrected chi connectivity index (χ3v) is 4.26. The van der Waals surface area contributed by atoms with Gasteiger partial charge in [-0.15, -0.1) is 9.24 Å². The molecule has 1 N–H and O–H groups in total. The highest BCUT2D eigenvalue weighted by Crippen LogP contribution is 2.31. The van der Waals surface area contributed by atoms with Crippen molar-refractivity contribution in [3.8, 4) is 0 Å². The van der Waals surface area contributed by atoms with Gasteiger partial charge in [-0.1, -0.05) is 73.3 Å². The van der Waals surface area contributed by atoms with Crippen LogP contribution in [0, 0.1) is 0 Å². The van der Waals surface area contributed by atoms with Crippen LogP contribution in [-0.4, -0.2) is 21.8 Å². The van der Waals surface area contributed by atoms with Gasteiger partial charge in [0.25, 0.3) is 0 Å². The number of alkyl halides is 3. The van der Waals surface area contributed by atoms with Crippen LogP contribution < -0.4 is 5.32 Å². The molecule has 0 heterocycles. The SMILES string of the molecule is O=C(NC1(P)CCCCCCCC1)OCC(Cl)(Cl)Cl. The number of carbonyl (C=O) groups excluding carboxylic acids is 1. The van der Waals surface area contributed by atoms with E-state index in [1.54, 1.807) is 0 Å². The number of alkyl carbamates (subject to hydrolysis) is 1. The number of ether oxygens (including phenoxy) is 1. The molecule has 0 radical (unpaired) electrons. The quantitative estimate of drug-likeness (QED) is 0.575. The summed E-state index contributed by atoms with van der Waals surface area (Å²) in [5.41, 5.74) is 0. The maximum absolute atomic E-state index is 11.7. The van der Waals surface area contributed by atoms with Crippen molar-refractivity contribution in [3.63, 3.8) is 0 Å². The minimum absolute atomic E-state index is 0.246. The Kier molecular flexibility index (Phi) is 7.53. The Balaban J connectivity index is 2.43. The smallest absolute Gasteiger partial charge is 0.407 e. The van der Waals surface area contributed by atoms with Crippen LogP contribution in [0.5, 0.6) is 0 Å². The maximum Gasteiger partial charge on any atom is 0.407 e. The van der Waals surface area contributed by atoms with Crippen molar-refractivity contribution < 1.29 is 9.53 Å². The molecule has 1 atom stereocenters. The Bertz CT molecular complexity index is 287. The normalized spacial score (nSPS) is 20.8. The molecule has 0 saturated heterocycles. The minimum atomic E-state index is -1.57. The van der Waals surface area contributed by atoms with Gasteiger partial charge in [0.15, 0.2) is 0 Å². The van der Waals surface area contributed by atoms with Crippen molar-refractivity contribution in [3.05, 3.63) is 0 Å². The van der Waals surface area contributed by atoms with Crippen LogP contribution in [0.3, 0.4) is 0 Å². The van der Waals surface area contributed by atoms with Gasteiger partial charge in [0, 0.05) is 0 Å². The largest absolute Gasteiger partial charge is 0.445 e. The molecule has 1 amide bonds. The molecule has 1 unspecified atom stereocenters. The van der Waals surface area contributed by atoms with Crippen LogP contribution in [-0.2, 0) is 4.74 Å². The van der Waals surface area contributed by atoms with Crippen molar-refractivity contribution in [2.24, 2.45) is 0 Å². The summed E-state index contributed by atoms with van der Waals surface area (Å²) in [7, 11) is 2.76. The summed E-state index contributed by atoms with van der Waals surface area (Å²) in [4.78, 5) is 11.7. The molecule has 112 valence electrons. The summed E-state index contributed by atoms with van der Waals surface area (Å²) in [6, 6.07) is 0. The summed E-state index contributed by atoms with van der Waals surface area (Å²) >= 11 is 16.6. The first kappa shape index (κ1) is 17.6. The molecule has 1 aliphatic rings. The van der Waals surface area contributed by atoms with Crippen LogP contribution in [0.4, 0.5) is 4.79 Å². The first-order valence-electron chi connectivity index (χ1n) is 6.61. The zero-order valence-electron chi connectivity index (χ0n) is 10.9. The van der Waals surface area contributed by atoms with Crippen LogP contribution >= 0.6 is 44.0 Å². The standard InChI is InChI=1S/C12H21Cl3NO2P/c13-12(14,15)9-18-10(17)16-11(19)7-5-3-1-2-4-6-8-11/h1-9,19H2,(H,16,17). The predicted octanol–water partition coefficient (Wildman–Crippen LogP) is 4.79. The number of hydrogen-bond donors (Lipinski definition) is 1. The molecule has 1 rings (SSSR count). The number of hydrogen-bond acceptors (Lipinski definition) is 2. The van der Waals surface area contributed by atoms with Gasteiger partial charge >= 0.3 is 6.09 Å². The molecule has 0 aromatic heterocycles. The molecule has 0 spiro atoms. The van der Waals surface area contributed by atoms with Crippen molar-refractivity contribution in [1.82, 2.24) is 5.32 Å². The highest BCUT2D eigenvalue weighted by molar-refractivity contribution is 7.18. The van der Waals surface area contributed by atoms with Gasteiger partial charge in [-0.3, -0.25) is 0 Å². The van der Waals surface area contributed by atoms with Crippen LogP contribution in [0.2, 0.25) is 0 Å². The second-order valence-corrected chi connectivity index (χ2v) is 8.72. The van der Waals surface area contributed by atoms with Crippen molar-refractivity contribution >= 4 is 50.1 Å². The Hall–Kier alpha value is 0.570. The molecule has 0 aromatic carbocycles. The summed E-state index contributed by atoms with van der Waals surface area (Å²) in [6.07, 6.45) is 8.52. The predicted molar refractivity (Wildman–Crippen MR) is 84.2 cm³/mol. The van der Waals surface area contributed by atoms with E-state index in [0.717, 1.165) is 25.7 Å². The van der Waals surface area contributed by atoms with Gasteiger partial charge in [-0.25, -0.2) is 4.79 Å². The highest BCUT2D eigenvalue weighted by atomic mass is 35.6. The van der Waals surface area contributed by atoms with Crippen molar-refractivity contribution in [2.75, 3.05) is 6.61 Å². The van der Waals surface area contributed by atoms with Crippen molar-refractivity contribution in [2.45, 2.75) is 60.4 Å². The van der Waals surface area contributed by atoms with Gasteiger partial charge in [-0.05, 0) is 12.8 Å². The lowest BCUT2D eigenvalue weighted by Crippen LogP contribution is -2.44. The summed E-state index contributed by atoms with van der Waals surface area (Å²) < 4.78 is 3.35. The molecule has 7 heteroatoms. The average Bonchev–Trinajstić information content (AvgIpc) is 2.38. The molecule has 1 aliphatic carbocycles. The van der Waals surface area contributed by atoms with E-state index in [0.29, 0.717) is 0 Å². The van der Waals surface area contributed by atoms with Gasteiger partial charge < -0.3 is 10.1 Å². The van der Waals surface area contributed by atoms with Crippen molar-refractivity contribution in [1.29, 1.82) is 0 Å². The second-order valence-electron chi connectivity index (χ2n) is 5.09. The van der Waals surface area contributed by atoms with E-state index in [-0.39, 0.29) is 11.9 Å². The number of nitrogens with one attached hydrogen (secondary N) is 1. The molecule has 0 aliphatic heterocycles. The number of carbonyl (C=O) groups is 1. The molecule has 1 fully saturated rings. The zero-order chi connectivity index (χ0) is 14.4. The van der Waals surface area contributed by atoms with Gasteiger partial charge in [0.1, 0.15) is 6.61 Å². The fourth-order valence-corrected chi connectivity index (χ4v) is 2.91. The van der Waals surface area contributed by atoms with Crippen LogP contribution in [0.1, 0.15) is 51.4 Å². The first-order chi connectivity index (χ1) is 8.81. The van der Waals surface area contributed by atoms with E-state index < -0.39 is 9.89 Å². The lowest BCUT2D eigenvalue weighted by molar-refractivity contribution is 0.140. The van der Waals surface area contributed by atoms with Gasteiger partial charge in [-0.2, -0.15) is 0 Å². The molecule has 1 saturated carbocycles. The Morgan fingerprint density at radius 2 is 1.58 bits per heavy atom. The van der Waals surface area contributed by atoms with E-state index in [1.807, 2.05) is 0 Å². The number of rotatable bonds is 2. The van der Waals surface area contributed by atoms with Gasteiger partial charge in [0.2, 0.25) is 3.79 Å². The second kappa shape index (κ2) is 8.12. The minimum Gasteiger partial charge on any atom is -0.445 e. The fraction of sp³-hybridized carbons (Fsp3) is 0.917. The van der Waals surface area contributed by atoms with E-state index in [9.17, 15) is 4.79 Å². The topological polar surface area (TPSA) is 38.3 Å². The fourth-order valence-electron chi connectivity index (χ4n) is 2.22. The molecule has 0 aromatic rings. The third kappa shape index (κ3) is 8.45. The monoisotopic (exact) mass is 347 g/mol.